The first-order valence-electron chi connectivity index (χ1n) is 5.33. The fourth-order valence-electron chi connectivity index (χ4n) is 1.65. The molecule has 0 radical (unpaired) electrons. The second-order valence-electron chi connectivity index (χ2n) is 3.74. The minimum Gasteiger partial charge on any atom is -0.331 e. The molecule has 0 atom stereocenters. The van der Waals surface area contributed by atoms with E-state index in [1.54, 1.807) is 17.0 Å². The lowest BCUT2D eigenvalue weighted by Crippen LogP contribution is -2.08. The highest BCUT2D eigenvalue weighted by Crippen LogP contribution is 2.10. The molecule has 0 aliphatic heterocycles. The molecule has 0 unspecified atom stereocenters. The van der Waals surface area contributed by atoms with Crippen LogP contribution in [0.2, 0.25) is 0 Å². The van der Waals surface area contributed by atoms with E-state index in [2.05, 4.69) is 11.9 Å². The maximum absolute atomic E-state index is 12.1. The van der Waals surface area contributed by atoms with E-state index in [-0.39, 0.29) is 5.78 Å². The zero-order valence-electron chi connectivity index (χ0n) is 9.47. The lowest BCUT2D eigenvalue weighted by atomic mass is 10.1. The molecule has 1 aromatic heterocycles. The van der Waals surface area contributed by atoms with Gasteiger partial charge in [0.25, 0.3) is 0 Å². The molecule has 0 aliphatic carbocycles. The summed E-state index contributed by atoms with van der Waals surface area (Å²) in [6.45, 7) is 2.07. The summed E-state index contributed by atoms with van der Waals surface area (Å²) in [7, 11) is 1.82. The number of carbonyl (C=O) groups is 1. The normalized spacial score (nSPS) is 10.4. The number of hydrogen-bond acceptors (Lipinski definition) is 2. The van der Waals surface area contributed by atoms with Crippen LogP contribution in [0, 0.1) is 0 Å². The number of aryl methyl sites for hydroxylation is 2. The van der Waals surface area contributed by atoms with Crippen LogP contribution in [0.15, 0.2) is 36.7 Å². The molecule has 0 N–H and O–H groups in total. The number of benzene rings is 1. The van der Waals surface area contributed by atoms with E-state index < -0.39 is 0 Å². The Morgan fingerprint density at radius 3 is 2.88 bits per heavy atom. The fraction of sp³-hybridized carbons (Fsp3) is 0.231. The molecule has 1 heterocycles. The predicted octanol–water partition coefficient (Wildman–Crippen LogP) is 2.21. The molecule has 1 aromatic carbocycles. The maximum Gasteiger partial charge on any atom is 0.228 e. The van der Waals surface area contributed by atoms with Crippen molar-refractivity contribution in [3.63, 3.8) is 0 Å². The Labute approximate surface area is 94.7 Å². The first-order chi connectivity index (χ1) is 7.72. The minimum absolute atomic E-state index is 0.0252. The van der Waals surface area contributed by atoms with Gasteiger partial charge in [0.1, 0.15) is 0 Å². The van der Waals surface area contributed by atoms with Gasteiger partial charge in [0.05, 0.1) is 0 Å². The molecule has 2 aromatic rings. The molecule has 0 fully saturated rings. The van der Waals surface area contributed by atoms with Crippen LogP contribution >= 0.6 is 0 Å². The van der Waals surface area contributed by atoms with Gasteiger partial charge in [0, 0.05) is 25.0 Å². The molecule has 3 heteroatoms. The number of carbonyl (C=O) groups excluding carboxylic acids is 1. The molecule has 0 spiro atoms. The van der Waals surface area contributed by atoms with Crippen LogP contribution in [0.25, 0.3) is 0 Å². The van der Waals surface area contributed by atoms with E-state index in [0.717, 1.165) is 6.42 Å². The number of ketones is 1. The number of hydrogen-bond donors (Lipinski definition) is 0. The van der Waals surface area contributed by atoms with Gasteiger partial charge in [0.2, 0.25) is 5.78 Å². The van der Waals surface area contributed by atoms with Crippen molar-refractivity contribution in [2.45, 2.75) is 13.3 Å². The first kappa shape index (κ1) is 10.6. The summed E-state index contributed by atoms with van der Waals surface area (Å²) >= 11 is 0. The van der Waals surface area contributed by atoms with E-state index in [1.165, 1.54) is 5.56 Å². The molecular weight excluding hydrogens is 200 g/mol. The van der Waals surface area contributed by atoms with E-state index >= 15 is 0 Å². The summed E-state index contributed by atoms with van der Waals surface area (Å²) in [5.74, 6) is 0.455. The van der Waals surface area contributed by atoms with Crippen molar-refractivity contribution < 1.29 is 4.79 Å². The monoisotopic (exact) mass is 214 g/mol. The highest BCUT2D eigenvalue weighted by molar-refractivity contribution is 6.06. The Morgan fingerprint density at radius 2 is 2.25 bits per heavy atom. The van der Waals surface area contributed by atoms with Gasteiger partial charge in [-0.15, -0.1) is 0 Å². The Morgan fingerprint density at radius 1 is 1.44 bits per heavy atom. The lowest BCUT2D eigenvalue weighted by molar-refractivity contribution is 0.102. The summed E-state index contributed by atoms with van der Waals surface area (Å²) < 4.78 is 1.74. The lowest BCUT2D eigenvalue weighted by Gasteiger charge is -2.03. The third-order valence-electron chi connectivity index (χ3n) is 2.62. The van der Waals surface area contributed by atoms with E-state index in [0.29, 0.717) is 11.4 Å². The van der Waals surface area contributed by atoms with Crippen molar-refractivity contribution in [2.75, 3.05) is 0 Å². The van der Waals surface area contributed by atoms with Crippen LogP contribution in [0.3, 0.4) is 0 Å². The SMILES string of the molecule is CCc1cccc(C(=O)c2nccn2C)c1. The van der Waals surface area contributed by atoms with Crippen LogP contribution in [-0.2, 0) is 13.5 Å². The molecule has 2 rings (SSSR count). The first-order valence-corrected chi connectivity index (χ1v) is 5.33. The van der Waals surface area contributed by atoms with Crippen molar-refractivity contribution in [3.05, 3.63) is 53.6 Å². The van der Waals surface area contributed by atoms with Crippen molar-refractivity contribution in [1.29, 1.82) is 0 Å². The molecule has 0 bridgehead atoms. The molecule has 0 aliphatic rings. The number of aromatic nitrogens is 2. The Balaban J connectivity index is 2.38. The van der Waals surface area contributed by atoms with E-state index in [9.17, 15) is 4.79 Å². The van der Waals surface area contributed by atoms with Crippen LogP contribution in [0.5, 0.6) is 0 Å². The average Bonchev–Trinajstić information content (AvgIpc) is 2.74. The summed E-state index contributed by atoms with van der Waals surface area (Å²) in [4.78, 5) is 16.2. The highest BCUT2D eigenvalue weighted by Gasteiger charge is 2.13. The van der Waals surface area contributed by atoms with Crippen LogP contribution in [0.4, 0.5) is 0 Å². The number of imidazole rings is 1. The summed E-state index contributed by atoms with van der Waals surface area (Å²) in [6.07, 6.45) is 4.34. The molecule has 3 nitrogen and oxygen atoms in total. The smallest absolute Gasteiger partial charge is 0.228 e. The Kier molecular flexibility index (Phi) is 2.86. The van der Waals surface area contributed by atoms with Gasteiger partial charge >= 0.3 is 0 Å². The third-order valence-corrected chi connectivity index (χ3v) is 2.62. The minimum atomic E-state index is -0.0252. The Hall–Kier alpha value is -1.90. The maximum atomic E-state index is 12.1. The van der Waals surface area contributed by atoms with Gasteiger partial charge in [-0.1, -0.05) is 25.1 Å². The summed E-state index contributed by atoms with van der Waals surface area (Å²) in [6, 6.07) is 7.69. The van der Waals surface area contributed by atoms with E-state index in [1.807, 2.05) is 31.3 Å². The van der Waals surface area contributed by atoms with Gasteiger partial charge in [-0.25, -0.2) is 4.98 Å². The van der Waals surface area contributed by atoms with Crippen molar-refractivity contribution in [3.8, 4) is 0 Å². The van der Waals surface area contributed by atoms with Crippen molar-refractivity contribution in [2.24, 2.45) is 7.05 Å². The molecule has 82 valence electrons. The third kappa shape index (κ3) is 1.89. The zero-order valence-corrected chi connectivity index (χ0v) is 9.47. The topological polar surface area (TPSA) is 34.9 Å². The van der Waals surface area contributed by atoms with Gasteiger partial charge in [-0.2, -0.15) is 0 Å². The van der Waals surface area contributed by atoms with Crippen LogP contribution in [-0.4, -0.2) is 15.3 Å². The van der Waals surface area contributed by atoms with Crippen LogP contribution in [0.1, 0.15) is 28.7 Å². The molecule has 16 heavy (non-hydrogen) atoms. The van der Waals surface area contributed by atoms with Gasteiger partial charge < -0.3 is 4.57 Å². The second kappa shape index (κ2) is 4.31. The van der Waals surface area contributed by atoms with Gasteiger partial charge in [-0.05, 0) is 18.1 Å². The van der Waals surface area contributed by atoms with Gasteiger partial charge in [-0.3, -0.25) is 4.79 Å². The van der Waals surface area contributed by atoms with Crippen LogP contribution < -0.4 is 0 Å². The summed E-state index contributed by atoms with van der Waals surface area (Å²) in [5.41, 5.74) is 1.87. The molecule has 0 saturated heterocycles. The zero-order chi connectivity index (χ0) is 11.5. The average molecular weight is 214 g/mol. The highest BCUT2D eigenvalue weighted by atomic mass is 16.1. The van der Waals surface area contributed by atoms with Crippen molar-refractivity contribution in [1.82, 2.24) is 9.55 Å². The molecular formula is C13H14N2O. The predicted molar refractivity (Wildman–Crippen MR) is 62.5 cm³/mol. The van der Waals surface area contributed by atoms with Gasteiger partial charge in [0.15, 0.2) is 5.82 Å². The number of nitrogens with zero attached hydrogens (tertiary/aromatic N) is 2. The van der Waals surface area contributed by atoms with Crippen molar-refractivity contribution >= 4 is 5.78 Å². The fourth-order valence-corrected chi connectivity index (χ4v) is 1.65. The largest absolute Gasteiger partial charge is 0.331 e. The second-order valence-corrected chi connectivity index (χ2v) is 3.74. The molecule has 0 saturated carbocycles. The standard InChI is InChI=1S/C13H14N2O/c1-3-10-5-4-6-11(9-10)12(16)13-14-7-8-15(13)2/h4-9H,3H2,1-2H3. The summed E-state index contributed by atoms with van der Waals surface area (Å²) in [5, 5.41) is 0. The number of rotatable bonds is 3. The van der Waals surface area contributed by atoms with E-state index in [4.69, 9.17) is 0 Å². The quantitative estimate of drug-likeness (QED) is 0.734. The Bertz CT molecular complexity index is 514. The molecule has 0 amide bonds.